The third kappa shape index (κ3) is 9.87. The van der Waals surface area contributed by atoms with Gasteiger partial charge in [-0.2, -0.15) is 0 Å². The minimum atomic E-state index is -0.127. The number of para-hydroxylation sites is 1. The molecule has 0 aromatic heterocycles. The Morgan fingerprint density at radius 3 is 1.75 bits per heavy atom. The summed E-state index contributed by atoms with van der Waals surface area (Å²) in [7, 11) is 0. The normalized spacial score (nSPS) is 14.6. The highest BCUT2D eigenvalue weighted by Gasteiger charge is 2.30. The van der Waals surface area contributed by atoms with Gasteiger partial charge in [0.25, 0.3) is 0 Å². The smallest absolute Gasteiger partial charge is 0.126 e. The van der Waals surface area contributed by atoms with Crippen LogP contribution >= 0.6 is 0 Å². The highest BCUT2D eigenvalue weighted by molar-refractivity contribution is 5.21. The molecule has 1 fully saturated rings. The molecule has 0 bridgehead atoms. The van der Waals surface area contributed by atoms with E-state index in [1.54, 1.807) is 0 Å². The fourth-order valence-corrected chi connectivity index (χ4v) is 2.33. The molecule has 134 valence electrons. The lowest BCUT2D eigenvalue weighted by molar-refractivity contribution is 0.0234. The standard InChI is InChI=1S/C8H16O2.C8H8O.C4H6O/c9-6-8(7-10)4-2-1-3-5-8;1-2-9-8-6-4-3-5-7-8;1-3-5-4-2/h9-10H,1-7H2;2-7H,1H2;3-4H,1-2H2. The van der Waals surface area contributed by atoms with Crippen molar-refractivity contribution >= 4 is 0 Å². The average molecular weight is 334 g/mol. The minimum Gasteiger partial charge on any atom is -0.474 e. The van der Waals surface area contributed by atoms with Gasteiger partial charge in [0.1, 0.15) is 5.75 Å². The van der Waals surface area contributed by atoms with Crippen molar-refractivity contribution in [2.45, 2.75) is 32.1 Å². The molecule has 0 atom stereocenters. The van der Waals surface area contributed by atoms with Crippen LogP contribution in [0.3, 0.4) is 0 Å². The molecule has 0 saturated heterocycles. The maximum atomic E-state index is 8.98. The summed E-state index contributed by atoms with van der Waals surface area (Å²) in [6, 6.07) is 9.52. The molecule has 1 aromatic rings. The van der Waals surface area contributed by atoms with Gasteiger partial charge in [-0.3, -0.25) is 0 Å². The maximum absolute atomic E-state index is 8.98. The van der Waals surface area contributed by atoms with Crippen molar-refractivity contribution < 1.29 is 19.7 Å². The lowest BCUT2D eigenvalue weighted by atomic mass is 9.75. The zero-order valence-electron chi connectivity index (χ0n) is 14.4. The number of hydrogen-bond acceptors (Lipinski definition) is 4. The molecule has 4 heteroatoms. The summed E-state index contributed by atoms with van der Waals surface area (Å²) in [5.74, 6) is 0.826. The highest BCUT2D eigenvalue weighted by Crippen LogP contribution is 2.34. The number of benzene rings is 1. The van der Waals surface area contributed by atoms with Gasteiger partial charge >= 0.3 is 0 Å². The Balaban J connectivity index is 0.000000351. The number of hydrogen-bond donors (Lipinski definition) is 2. The molecule has 2 N–H and O–H groups in total. The molecule has 1 aromatic carbocycles. The van der Waals surface area contributed by atoms with Crippen molar-refractivity contribution in [2.24, 2.45) is 5.41 Å². The first kappa shape index (κ1) is 22.0. The summed E-state index contributed by atoms with van der Waals surface area (Å²) >= 11 is 0. The third-order valence-corrected chi connectivity index (χ3v) is 3.74. The van der Waals surface area contributed by atoms with Gasteiger partial charge in [-0.1, -0.05) is 57.2 Å². The second-order valence-corrected chi connectivity index (χ2v) is 5.44. The number of ether oxygens (including phenoxy) is 2. The Morgan fingerprint density at radius 1 is 0.875 bits per heavy atom. The zero-order valence-corrected chi connectivity index (χ0v) is 14.4. The predicted molar refractivity (Wildman–Crippen MR) is 98.4 cm³/mol. The van der Waals surface area contributed by atoms with E-state index in [9.17, 15) is 0 Å². The summed E-state index contributed by atoms with van der Waals surface area (Å²) in [4.78, 5) is 0. The quantitative estimate of drug-likeness (QED) is 0.756. The molecule has 24 heavy (non-hydrogen) atoms. The van der Waals surface area contributed by atoms with Gasteiger partial charge in [-0.05, 0) is 25.0 Å². The van der Waals surface area contributed by atoms with Crippen LogP contribution in [0.25, 0.3) is 0 Å². The van der Waals surface area contributed by atoms with Crippen LogP contribution in [0.15, 0.2) is 68.9 Å². The van der Waals surface area contributed by atoms with E-state index in [4.69, 9.17) is 14.9 Å². The van der Waals surface area contributed by atoms with Crippen LogP contribution < -0.4 is 4.74 Å². The van der Waals surface area contributed by atoms with E-state index in [-0.39, 0.29) is 18.6 Å². The second-order valence-electron chi connectivity index (χ2n) is 5.44. The molecule has 1 aliphatic carbocycles. The van der Waals surface area contributed by atoms with Gasteiger partial charge in [0.05, 0.1) is 32.0 Å². The van der Waals surface area contributed by atoms with Crippen LogP contribution in [-0.2, 0) is 4.74 Å². The molecule has 1 aliphatic rings. The summed E-state index contributed by atoms with van der Waals surface area (Å²) in [5.41, 5.74) is -0.127. The number of aliphatic hydroxyl groups excluding tert-OH is 2. The van der Waals surface area contributed by atoms with Crippen molar-refractivity contribution in [3.63, 3.8) is 0 Å². The van der Waals surface area contributed by atoms with E-state index in [0.717, 1.165) is 18.6 Å². The van der Waals surface area contributed by atoms with E-state index in [0.29, 0.717) is 0 Å². The van der Waals surface area contributed by atoms with Gasteiger partial charge in [0.2, 0.25) is 0 Å². The molecule has 0 aliphatic heterocycles. The molecule has 0 unspecified atom stereocenters. The van der Waals surface area contributed by atoms with Crippen molar-refractivity contribution in [1.82, 2.24) is 0 Å². The third-order valence-electron chi connectivity index (χ3n) is 3.74. The summed E-state index contributed by atoms with van der Waals surface area (Å²) in [6.45, 7) is 10.3. The molecule has 2 rings (SSSR count). The fourth-order valence-electron chi connectivity index (χ4n) is 2.33. The first-order chi connectivity index (χ1) is 11.7. The average Bonchev–Trinajstić information content (AvgIpc) is 2.65. The first-order valence-corrected chi connectivity index (χ1v) is 8.09. The molecule has 0 spiro atoms. The van der Waals surface area contributed by atoms with Crippen LogP contribution in [-0.4, -0.2) is 23.4 Å². The molecule has 0 radical (unpaired) electrons. The van der Waals surface area contributed by atoms with E-state index >= 15 is 0 Å². The predicted octanol–water partition coefficient (Wildman–Crippen LogP) is 4.42. The summed E-state index contributed by atoms with van der Waals surface area (Å²) < 4.78 is 9.33. The van der Waals surface area contributed by atoms with Gasteiger partial charge in [-0.15, -0.1) is 0 Å². The lowest BCUT2D eigenvalue weighted by Crippen LogP contribution is -2.31. The van der Waals surface area contributed by atoms with Crippen LogP contribution in [0.1, 0.15) is 32.1 Å². The highest BCUT2D eigenvalue weighted by atomic mass is 16.5. The van der Waals surface area contributed by atoms with Gasteiger partial charge in [-0.25, -0.2) is 0 Å². The second kappa shape index (κ2) is 14.5. The molecule has 1 saturated carbocycles. The topological polar surface area (TPSA) is 58.9 Å². The fraction of sp³-hybridized carbons (Fsp3) is 0.400. The summed E-state index contributed by atoms with van der Waals surface area (Å²) in [6.07, 6.45) is 9.64. The van der Waals surface area contributed by atoms with Gasteiger partial charge in [0.15, 0.2) is 0 Å². The Bertz CT molecular complexity index is 424. The van der Waals surface area contributed by atoms with Gasteiger partial charge < -0.3 is 19.7 Å². The maximum Gasteiger partial charge on any atom is 0.126 e. The molecule has 0 amide bonds. The van der Waals surface area contributed by atoms with Crippen LogP contribution in [0.5, 0.6) is 5.75 Å². The Morgan fingerprint density at radius 2 is 1.42 bits per heavy atom. The molecule has 0 heterocycles. The minimum absolute atomic E-state index is 0.127. The van der Waals surface area contributed by atoms with Crippen molar-refractivity contribution in [1.29, 1.82) is 0 Å². The Kier molecular flexibility index (Phi) is 13.3. The number of rotatable bonds is 6. The molecular formula is C20H30O4. The van der Waals surface area contributed by atoms with Gasteiger partial charge in [0, 0.05) is 5.41 Å². The van der Waals surface area contributed by atoms with Crippen LogP contribution in [0.2, 0.25) is 0 Å². The van der Waals surface area contributed by atoms with Crippen molar-refractivity contribution in [3.05, 3.63) is 68.9 Å². The van der Waals surface area contributed by atoms with Crippen molar-refractivity contribution in [3.8, 4) is 5.75 Å². The molecular weight excluding hydrogens is 304 g/mol. The van der Waals surface area contributed by atoms with E-state index < -0.39 is 0 Å². The largest absolute Gasteiger partial charge is 0.474 e. The van der Waals surface area contributed by atoms with Crippen molar-refractivity contribution in [2.75, 3.05) is 13.2 Å². The first-order valence-electron chi connectivity index (χ1n) is 8.09. The lowest BCUT2D eigenvalue weighted by Gasteiger charge is -2.33. The SMILES string of the molecule is C=COC=C.C=COc1ccccc1.OCC1(CO)CCCCC1. The van der Waals surface area contributed by atoms with E-state index in [2.05, 4.69) is 24.5 Å². The monoisotopic (exact) mass is 334 g/mol. The zero-order chi connectivity index (χ0) is 18.1. The Hall–Kier alpha value is -2.04. The van der Waals surface area contributed by atoms with Crippen LogP contribution in [0, 0.1) is 5.41 Å². The summed E-state index contributed by atoms with van der Waals surface area (Å²) in [5, 5.41) is 18.0. The number of aliphatic hydroxyl groups is 2. The molecule has 4 nitrogen and oxygen atoms in total. The van der Waals surface area contributed by atoms with Crippen LogP contribution in [0.4, 0.5) is 0 Å². The van der Waals surface area contributed by atoms with E-state index in [1.165, 1.54) is 38.0 Å². The Labute approximate surface area is 145 Å². The van der Waals surface area contributed by atoms with E-state index in [1.807, 2.05) is 30.3 Å².